The second-order valence-corrected chi connectivity index (χ2v) is 7.85. The Balaban J connectivity index is 2.84. The van der Waals surface area contributed by atoms with Crippen LogP contribution in [0.15, 0.2) is 15.7 Å². The quantitative estimate of drug-likeness (QED) is 0.803. The lowest BCUT2D eigenvalue weighted by atomic mass is 10.2. The summed E-state index contributed by atoms with van der Waals surface area (Å²) in [5.41, 5.74) is 1.03. The van der Waals surface area contributed by atoms with Gasteiger partial charge in [-0.05, 0) is 36.9 Å². The monoisotopic (exact) mass is 304 g/mol. The summed E-state index contributed by atoms with van der Waals surface area (Å²) in [6.07, 6.45) is 1.86. The molecule has 0 amide bonds. The fourth-order valence-electron chi connectivity index (χ4n) is 1.83. The smallest absolute Gasteiger partial charge is 0.252 e. The van der Waals surface area contributed by atoms with E-state index < -0.39 is 10.0 Å². The third-order valence-electron chi connectivity index (χ3n) is 3.17. The number of hydrogen-bond donors (Lipinski definition) is 1. The van der Waals surface area contributed by atoms with Crippen molar-refractivity contribution < 1.29 is 8.42 Å². The van der Waals surface area contributed by atoms with Crippen LogP contribution in [-0.4, -0.2) is 32.4 Å². The molecule has 1 N–H and O–H groups in total. The summed E-state index contributed by atoms with van der Waals surface area (Å²) in [4.78, 5) is 0. The summed E-state index contributed by atoms with van der Waals surface area (Å²) >= 11 is 1.30. The molecule has 1 aromatic heterocycles. The summed E-state index contributed by atoms with van der Waals surface area (Å²) in [5.74, 6) is 0. The zero-order chi connectivity index (χ0) is 14.5. The number of rotatable bonds is 8. The highest BCUT2D eigenvalue weighted by atomic mass is 32.2. The van der Waals surface area contributed by atoms with Crippen molar-refractivity contribution in [3.63, 3.8) is 0 Å². The van der Waals surface area contributed by atoms with Crippen molar-refractivity contribution in [2.45, 2.75) is 50.4 Å². The van der Waals surface area contributed by atoms with E-state index in [9.17, 15) is 8.42 Å². The van der Waals surface area contributed by atoms with Crippen molar-refractivity contribution in [2.24, 2.45) is 0 Å². The molecule has 0 aliphatic heterocycles. The molecule has 1 unspecified atom stereocenters. The van der Waals surface area contributed by atoms with Crippen molar-refractivity contribution in [3.05, 3.63) is 17.0 Å². The number of nitrogens with one attached hydrogen (secondary N) is 1. The Morgan fingerprint density at radius 2 is 2.11 bits per heavy atom. The minimum Gasteiger partial charge on any atom is -0.313 e. The van der Waals surface area contributed by atoms with E-state index in [1.165, 1.54) is 15.6 Å². The van der Waals surface area contributed by atoms with Crippen molar-refractivity contribution in [1.29, 1.82) is 0 Å². The van der Waals surface area contributed by atoms with Gasteiger partial charge >= 0.3 is 0 Å². The van der Waals surface area contributed by atoms with Crippen LogP contribution in [0.5, 0.6) is 0 Å². The van der Waals surface area contributed by atoms with Crippen molar-refractivity contribution >= 4 is 21.4 Å². The van der Waals surface area contributed by atoms with Crippen LogP contribution in [-0.2, 0) is 16.6 Å². The predicted molar refractivity (Wildman–Crippen MR) is 81.0 cm³/mol. The highest BCUT2D eigenvalue weighted by Gasteiger charge is 2.26. The summed E-state index contributed by atoms with van der Waals surface area (Å²) in [6, 6.07) is 1.81. The van der Waals surface area contributed by atoms with Crippen LogP contribution in [0, 0.1) is 0 Å². The van der Waals surface area contributed by atoms with E-state index in [1.54, 1.807) is 13.1 Å². The molecule has 0 saturated heterocycles. The molecule has 6 heteroatoms. The first-order chi connectivity index (χ1) is 8.93. The molecule has 4 nitrogen and oxygen atoms in total. The molecule has 1 atom stereocenters. The molecule has 1 rings (SSSR count). The Morgan fingerprint density at radius 3 is 2.68 bits per heavy atom. The first-order valence-corrected chi connectivity index (χ1v) is 9.01. The zero-order valence-corrected chi connectivity index (χ0v) is 13.8. The van der Waals surface area contributed by atoms with Crippen molar-refractivity contribution in [3.8, 4) is 0 Å². The first-order valence-electron chi connectivity index (χ1n) is 6.69. The maximum absolute atomic E-state index is 12.5. The van der Waals surface area contributed by atoms with E-state index in [-0.39, 0.29) is 6.04 Å². The van der Waals surface area contributed by atoms with Gasteiger partial charge in [0.1, 0.15) is 4.21 Å². The normalized spacial score (nSPS) is 13.9. The van der Waals surface area contributed by atoms with E-state index in [0.29, 0.717) is 4.21 Å². The molecule has 0 aliphatic rings. The maximum Gasteiger partial charge on any atom is 0.252 e. The first kappa shape index (κ1) is 16.6. The molecule has 0 bridgehead atoms. The van der Waals surface area contributed by atoms with Crippen LogP contribution in [0.1, 0.15) is 39.2 Å². The molecule has 0 saturated carbocycles. The molecule has 0 spiro atoms. The highest BCUT2D eigenvalue weighted by Crippen LogP contribution is 2.25. The van der Waals surface area contributed by atoms with Gasteiger partial charge in [0, 0.05) is 19.6 Å². The minimum absolute atomic E-state index is 0.0364. The standard InChI is InChI=1S/C13H24N2O2S2/c1-5-7-11(3)15(4)19(16,17)13-8-12(10-18-13)9-14-6-2/h8,10-11,14H,5-7,9H2,1-4H3. The van der Waals surface area contributed by atoms with Crippen LogP contribution in [0.3, 0.4) is 0 Å². The Kier molecular flexibility index (Phi) is 6.46. The fourth-order valence-corrected chi connectivity index (χ4v) is 4.61. The Bertz CT molecular complexity index is 483. The van der Waals surface area contributed by atoms with E-state index in [1.807, 2.05) is 19.2 Å². The molecule has 1 aromatic rings. The number of hydrogen-bond acceptors (Lipinski definition) is 4. The molecule has 0 fully saturated rings. The Morgan fingerprint density at radius 1 is 1.42 bits per heavy atom. The highest BCUT2D eigenvalue weighted by molar-refractivity contribution is 7.91. The van der Waals surface area contributed by atoms with Gasteiger partial charge in [-0.15, -0.1) is 11.3 Å². The van der Waals surface area contributed by atoms with Gasteiger partial charge in [0.15, 0.2) is 0 Å². The van der Waals surface area contributed by atoms with Crippen LogP contribution in [0.4, 0.5) is 0 Å². The second kappa shape index (κ2) is 7.38. The van der Waals surface area contributed by atoms with Gasteiger partial charge < -0.3 is 5.32 Å². The number of sulfonamides is 1. The summed E-state index contributed by atoms with van der Waals surface area (Å²) in [7, 11) is -1.67. The predicted octanol–water partition coefficient (Wildman–Crippen LogP) is 2.67. The third-order valence-corrected chi connectivity index (χ3v) is 6.61. The fraction of sp³-hybridized carbons (Fsp3) is 0.692. The molecule has 0 aromatic carbocycles. The number of nitrogens with zero attached hydrogens (tertiary/aromatic N) is 1. The molecule has 19 heavy (non-hydrogen) atoms. The van der Waals surface area contributed by atoms with Crippen molar-refractivity contribution in [2.75, 3.05) is 13.6 Å². The second-order valence-electron chi connectivity index (χ2n) is 4.71. The van der Waals surface area contributed by atoms with E-state index in [2.05, 4.69) is 12.2 Å². The van der Waals surface area contributed by atoms with Crippen LogP contribution >= 0.6 is 11.3 Å². The van der Waals surface area contributed by atoms with Crippen LogP contribution in [0.2, 0.25) is 0 Å². The molecule has 0 aliphatic carbocycles. The molecular formula is C13H24N2O2S2. The van der Waals surface area contributed by atoms with E-state index in [4.69, 9.17) is 0 Å². The maximum atomic E-state index is 12.5. The van der Waals surface area contributed by atoms with E-state index in [0.717, 1.165) is 31.5 Å². The molecule has 0 radical (unpaired) electrons. The van der Waals surface area contributed by atoms with Gasteiger partial charge in [-0.1, -0.05) is 20.3 Å². The SMILES string of the molecule is CCCC(C)N(C)S(=O)(=O)c1cc(CNCC)cs1. The van der Waals surface area contributed by atoms with Gasteiger partial charge in [0.25, 0.3) is 10.0 Å². The average molecular weight is 304 g/mol. The Hall–Kier alpha value is -0.430. The Labute approximate surface area is 120 Å². The van der Waals surface area contributed by atoms with Gasteiger partial charge in [0.2, 0.25) is 0 Å². The van der Waals surface area contributed by atoms with Crippen LogP contribution in [0.25, 0.3) is 0 Å². The third kappa shape index (κ3) is 4.27. The summed E-state index contributed by atoms with van der Waals surface area (Å²) in [6.45, 7) is 7.65. The molecule has 110 valence electrons. The number of thiophene rings is 1. The van der Waals surface area contributed by atoms with Gasteiger partial charge in [-0.3, -0.25) is 0 Å². The minimum atomic E-state index is -3.34. The van der Waals surface area contributed by atoms with Gasteiger partial charge in [-0.25, -0.2) is 8.42 Å². The molecular weight excluding hydrogens is 280 g/mol. The molecule has 1 heterocycles. The van der Waals surface area contributed by atoms with Crippen molar-refractivity contribution in [1.82, 2.24) is 9.62 Å². The lowest BCUT2D eigenvalue weighted by Gasteiger charge is -2.23. The van der Waals surface area contributed by atoms with Crippen LogP contribution < -0.4 is 5.32 Å². The lowest BCUT2D eigenvalue weighted by molar-refractivity contribution is 0.369. The summed E-state index contributed by atoms with van der Waals surface area (Å²) < 4.78 is 26.8. The summed E-state index contributed by atoms with van der Waals surface area (Å²) in [5, 5.41) is 5.11. The average Bonchev–Trinajstić information content (AvgIpc) is 2.85. The zero-order valence-electron chi connectivity index (χ0n) is 12.1. The van der Waals surface area contributed by atoms with Gasteiger partial charge in [0.05, 0.1) is 0 Å². The topological polar surface area (TPSA) is 49.4 Å². The van der Waals surface area contributed by atoms with E-state index >= 15 is 0 Å². The lowest BCUT2D eigenvalue weighted by Crippen LogP contribution is -2.34. The largest absolute Gasteiger partial charge is 0.313 e. The van der Waals surface area contributed by atoms with Gasteiger partial charge in [-0.2, -0.15) is 4.31 Å².